The Morgan fingerprint density at radius 3 is 2.49 bits per heavy atom. The van der Waals surface area contributed by atoms with Crippen LogP contribution in [0.25, 0.3) is 22.0 Å². The molecule has 0 amide bonds. The summed E-state index contributed by atoms with van der Waals surface area (Å²) in [5.41, 5.74) is 3.17. The minimum absolute atomic E-state index is 0.0197. The number of nitrogens with zero attached hydrogens (tertiary/aromatic N) is 4. The van der Waals surface area contributed by atoms with Crippen LogP contribution < -0.4 is 10.0 Å². The van der Waals surface area contributed by atoms with Crippen molar-refractivity contribution in [3.8, 4) is 11.1 Å². The summed E-state index contributed by atoms with van der Waals surface area (Å²) in [4.78, 5) is 17.7. The summed E-state index contributed by atoms with van der Waals surface area (Å²) in [7, 11) is -3.91. The largest absolute Gasteiger partial charge is 0.351 e. The van der Waals surface area contributed by atoms with Crippen molar-refractivity contribution in [2.75, 3.05) is 10.0 Å². The van der Waals surface area contributed by atoms with Gasteiger partial charge in [-0.1, -0.05) is 49.1 Å². The molecule has 2 heterocycles. The molecule has 1 aliphatic rings. The van der Waals surface area contributed by atoms with Crippen molar-refractivity contribution in [1.29, 1.82) is 0 Å². The third-order valence-corrected chi connectivity index (χ3v) is 7.99. The fourth-order valence-corrected chi connectivity index (χ4v) is 5.81. The van der Waals surface area contributed by atoms with Gasteiger partial charge in [-0.3, -0.25) is 0 Å². The number of aryl methyl sites for hydroxylation is 1. The zero-order valence-corrected chi connectivity index (χ0v) is 20.8. The zero-order valence-electron chi connectivity index (χ0n) is 19.2. The fraction of sp³-hybridized carbons (Fsp3) is 0.280. The topological polar surface area (TPSA) is 110 Å². The first kappa shape index (κ1) is 23.4. The number of hydrogen-bond acceptors (Lipinski definition) is 7. The van der Waals surface area contributed by atoms with Gasteiger partial charge in [-0.2, -0.15) is 0 Å². The molecule has 8 nitrogen and oxygen atoms in total. The molecule has 0 radical (unpaired) electrons. The summed E-state index contributed by atoms with van der Waals surface area (Å²) >= 11 is 6.04. The van der Waals surface area contributed by atoms with E-state index in [0.717, 1.165) is 34.9 Å². The highest BCUT2D eigenvalue weighted by Gasteiger charge is 2.19. The predicted molar refractivity (Wildman–Crippen MR) is 138 cm³/mol. The lowest BCUT2D eigenvalue weighted by Crippen LogP contribution is -2.23. The van der Waals surface area contributed by atoms with Gasteiger partial charge in [-0.25, -0.2) is 33.1 Å². The first-order valence-corrected chi connectivity index (χ1v) is 13.4. The average molecular weight is 509 g/mol. The van der Waals surface area contributed by atoms with Crippen molar-refractivity contribution in [3.05, 3.63) is 65.6 Å². The Labute approximate surface area is 209 Å². The molecule has 180 valence electrons. The Kier molecular flexibility index (Phi) is 6.53. The Morgan fingerprint density at radius 1 is 0.943 bits per heavy atom. The maximum atomic E-state index is 12.7. The summed E-state index contributed by atoms with van der Waals surface area (Å²) in [5, 5.41) is 4.49. The Morgan fingerprint density at radius 2 is 1.71 bits per heavy atom. The van der Waals surface area contributed by atoms with Crippen molar-refractivity contribution in [3.63, 3.8) is 0 Å². The van der Waals surface area contributed by atoms with Crippen LogP contribution in [0, 0.1) is 6.92 Å². The third-order valence-electron chi connectivity index (χ3n) is 6.16. The van der Waals surface area contributed by atoms with Gasteiger partial charge in [0.2, 0.25) is 11.9 Å². The molecule has 2 aromatic carbocycles. The van der Waals surface area contributed by atoms with E-state index in [0.29, 0.717) is 17.7 Å². The Bertz CT molecular complexity index is 1490. The van der Waals surface area contributed by atoms with Crippen molar-refractivity contribution in [1.82, 2.24) is 19.9 Å². The lowest BCUT2D eigenvalue weighted by Gasteiger charge is -2.22. The summed E-state index contributed by atoms with van der Waals surface area (Å²) in [6, 6.07) is 12.6. The summed E-state index contributed by atoms with van der Waals surface area (Å²) in [5.74, 6) is 0.639. The van der Waals surface area contributed by atoms with Crippen LogP contribution in [0.15, 0.2) is 59.8 Å². The summed E-state index contributed by atoms with van der Waals surface area (Å²) in [6.07, 6.45) is 9.53. The van der Waals surface area contributed by atoms with Crippen LogP contribution in [0.4, 0.5) is 11.9 Å². The van der Waals surface area contributed by atoms with Gasteiger partial charge < -0.3 is 5.32 Å². The highest BCUT2D eigenvalue weighted by molar-refractivity contribution is 7.92. The van der Waals surface area contributed by atoms with E-state index < -0.39 is 10.0 Å². The van der Waals surface area contributed by atoms with E-state index in [1.807, 2.05) is 31.3 Å². The monoisotopic (exact) mass is 508 g/mol. The molecule has 2 aromatic heterocycles. The van der Waals surface area contributed by atoms with Crippen LogP contribution >= 0.6 is 11.6 Å². The molecule has 0 atom stereocenters. The van der Waals surface area contributed by atoms with Crippen molar-refractivity contribution >= 4 is 44.4 Å². The lowest BCUT2D eigenvalue weighted by atomic mass is 9.96. The van der Waals surface area contributed by atoms with Gasteiger partial charge in [-0.05, 0) is 49.6 Å². The van der Waals surface area contributed by atoms with Crippen molar-refractivity contribution in [2.45, 2.75) is 50.0 Å². The van der Waals surface area contributed by atoms with Crippen LogP contribution in [0.5, 0.6) is 0 Å². The van der Waals surface area contributed by atoms with E-state index in [9.17, 15) is 8.42 Å². The first-order chi connectivity index (χ1) is 16.9. The van der Waals surface area contributed by atoms with Crippen LogP contribution in [0.1, 0.15) is 37.8 Å². The van der Waals surface area contributed by atoms with E-state index in [2.05, 4.69) is 30.0 Å². The van der Waals surface area contributed by atoms with E-state index in [1.54, 1.807) is 18.3 Å². The van der Waals surface area contributed by atoms with Gasteiger partial charge in [0, 0.05) is 29.4 Å². The minimum Gasteiger partial charge on any atom is -0.351 e. The van der Waals surface area contributed by atoms with E-state index in [4.69, 9.17) is 11.6 Å². The molecule has 1 aliphatic carbocycles. The van der Waals surface area contributed by atoms with Gasteiger partial charge in [-0.15, -0.1) is 0 Å². The smallest absolute Gasteiger partial charge is 0.265 e. The molecule has 1 saturated carbocycles. The van der Waals surface area contributed by atoms with E-state index in [1.165, 1.54) is 31.4 Å². The number of benzene rings is 2. The molecule has 5 rings (SSSR count). The van der Waals surface area contributed by atoms with Crippen LogP contribution in [-0.2, 0) is 10.0 Å². The number of anilines is 2. The molecule has 2 N–H and O–H groups in total. The molecule has 10 heteroatoms. The number of aromatic nitrogens is 4. The highest BCUT2D eigenvalue weighted by atomic mass is 35.5. The van der Waals surface area contributed by atoms with Crippen molar-refractivity contribution in [2.24, 2.45) is 0 Å². The molecule has 0 bridgehead atoms. The summed E-state index contributed by atoms with van der Waals surface area (Å²) < 4.78 is 27.8. The molecule has 0 unspecified atom stereocenters. The van der Waals surface area contributed by atoms with Crippen LogP contribution in [-0.4, -0.2) is 34.4 Å². The predicted octanol–water partition coefficient (Wildman–Crippen LogP) is 5.59. The van der Waals surface area contributed by atoms with E-state index in [-0.39, 0.29) is 15.9 Å². The number of hydrogen-bond donors (Lipinski definition) is 2. The maximum Gasteiger partial charge on any atom is 0.265 e. The van der Waals surface area contributed by atoms with Crippen LogP contribution in [0.2, 0.25) is 5.02 Å². The van der Waals surface area contributed by atoms with E-state index >= 15 is 0 Å². The Hall–Kier alpha value is -3.30. The lowest BCUT2D eigenvalue weighted by molar-refractivity contribution is 0.461. The number of fused-ring (bicyclic) bond motifs is 1. The molecule has 1 fully saturated rings. The molecule has 0 aliphatic heterocycles. The van der Waals surface area contributed by atoms with Gasteiger partial charge in [0.05, 0.1) is 16.2 Å². The number of nitrogens with one attached hydrogen (secondary N) is 2. The van der Waals surface area contributed by atoms with Gasteiger partial charge in [0.25, 0.3) is 10.0 Å². The number of sulfonamides is 1. The molecular formula is C25H25ClN6O2S. The fourth-order valence-electron chi connectivity index (χ4n) is 4.34. The second-order valence-corrected chi connectivity index (χ2v) is 10.7. The SMILES string of the molecule is Cc1nc(NS(=O)(=O)c2ccccc2Cl)ncc1-c1ccc2nc(NC3CCCCC3)ncc2c1. The van der Waals surface area contributed by atoms with Gasteiger partial charge >= 0.3 is 0 Å². The quantitative estimate of drug-likeness (QED) is 0.349. The van der Waals surface area contributed by atoms with Crippen LogP contribution in [0.3, 0.4) is 0 Å². The van der Waals surface area contributed by atoms with Gasteiger partial charge in [0.1, 0.15) is 4.90 Å². The number of halogens is 1. The Balaban J connectivity index is 1.36. The standard InChI is InChI=1S/C25H25ClN6O2S/c1-16-20(15-28-25(29-16)32-35(33,34)23-10-6-5-9-21(23)26)17-11-12-22-18(13-17)14-27-24(31-22)30-19-7-3-2-4-8-19/h5-6,9-15,19H,2-4,7-8H2,1H3,(H,27,30,31)(H,28,29,32). The highest BCUT2D eigenvalue weighted by Crippen LogP contribution is 2.28. The first-order valence-electron chi connectivity index (χ1n) is 11.5. The third kappa shape index (κ3) is 5.21. The molecule has 0 spiro atoms. The summed E-state index contributed by atoms with van der Waals surface area (Å²) in [6.45, 7) is 1.81. The minimum atomic E-state index is -3.91. The second-order valence-electron chi connectivity index (χ2n) is 8.68. The second kappa shape index (κ2) is 9.75. The molecule has 4 aromatic rings. The molecular weight excluding hydrogens is 484 g/mol. The molecule has 0 saturated heterocycles. The van der Waals surface area contributed by atoms with Crippen molar-refractivity contribution < 1.29 is 8.42 Å². The van der Waals surface area contributed by atoms with Gasteiger partial charge in [0.15, 0.2) is 0 Å². The molecule has 35 heavy (non-hydrogen) atoms. The normalized spacial score (nSPS) is 14.7. The average Bonchev–Trinajstić information content (AvgIpc) is 2.84. The maximum absolute atomic E-state index is 12.7. The zero-order chi connectivity index (χ0) is 24.4. The number of rotatable bonds is 6.